The molecule has 2 N–H and O–H groups in total. The van der Waals surface area contributed by atoms with Gasteiger partial charge in [0.25, 0.3) is 5.91 Å². The number of rotatable bonds is 4. The Balaban J connectivity index is 2.34. The van der Waals surface area contributed by atoms with E-state index in [9.17, 15) is 9.18 Å². The molecule has 1 amide bonds. The van der Waals surface area contributed by atoms with Crippen LogP contribution in [0.15, 0.2) is 12.1 Å². The van der Waals surface area contributed by atoms with Crippen LogP contribution in [0.25, 0.3) is 0 Å². The lowest BCUT2D eigenvalue weighted by molar-refractivity contribution is 0.0736. The normalized spacial score (nSPS) is 18.2. The lowest BCUT2D eigenvalue weighted by Crippen LogP contribution is -2.40. The number of nitrogens with two attached hydrogens (primary N) is 1. The number of hydrogen-bond acceptors (Lipinski definition) is 4. The maximum absolute atomic E-state index is 14.1. The third-order valence-electron chi connectivity index (χ3n) is 3.61. The smallest absolute Gasteiger partial charge is 0.257 e. The Morgan fingerprint density at radius 3 is 2.65 bits per heavy atom. The lowest BCUT2D eigenvalue weighted by atomic mass is 10.1. The second-order valence-corrected chi connectivity index (χ2v) is 4.72. The molecule has 0 aromatic heterocycles. The summed E-state index contributed by atoms with van der Waals surface area (Å²) in [5.41, 5.74) is 5.64. The highest BCUT2D eigenvalue weighted by atomic mass is 19.1. The summed E-state index contributed by atoms with van der Waals surface area (Å²) >= 11 is 0. The van der Waals surface area contributed by atoms with Gasteiger partial charge in [-0.3, -0.25) is 4.79 Å². The minimum absolute atomic E-state index is 0.0111. The van der Waals surface area contributed by atoms with Gasteiger partial charge in [0.2, 0.25) is 0 Å². The molecule has 110 valence electrons. The molecule has 1 aliphatic rings. The fourth-order valence-electron chi connectivity index (χ4n) is 2.52. The van der Waals surface area contributed by atoms with E-state index in [4.69, 9.17) is 15.2 Å². The number of halogens is 1. The van der Waals surface area contributed by atoms with E-state index < -0.39 is 5.82 Å². The van der Waals surface area contributed by atoms with Gasteiger partial charge >= 0.3 is 0 Å². The largest absolute Gasteiger partial charge is 0.493 e. The topological polar surface area (TPSA) is 64.8 Å². The first kappa shape index (κ1) is 14.6. The van der Waals surface area contributed by atoms with Crippen molar-refractivity contribution >= 4 is 5.91 Å². The van der Waals surface area contributed by atoms with Crippen LogP contribution in [-0.2, 0) is 0 Å². The maximum atomic E-state index is 14.1. The van der Waals surface area contributed by atoms with E-state index in [0.29, 0.717) is 18.8 Å². The third kappa shape index (κ3) is 2.56. The van der Waals surface area contributed by atoms with Gasteiger partial charge in [-0.15, -0.1) is 0 Å². The van der Waals surface area contributed by atoms with Crippen molar-refractivity contribution in [2.24, 2.45) is 5.73 Å². The molecular formula is C14H19FN2O3. The van der Waals surface area contributed by atoms with Crippen molar-refractivity contribution in [3.8, 4) is 11.5 Å². The summed E-state index contributed by atoms with van der Waals surface area (Å²) in [6, 6.07) is 2.53. The summed E-state index contributed by atoms with van der Waals surface area (Å²) in [4.78, 5) is 14.1. The Morgan fingerprint density at radius 1 is 1.40 bits per heavy atom. The molecule has 5 nitrogen and oxygen atoms in total. The SMILES string of the molecule is COc1cc(F)c(C(=O)N2CCC[C@@H]2CN)cc1OC. The molecule has 1 aromatic carbocycles. The molecule has 0 unspecified atom stereocenters. The van der Waals surface area contributed by atoms with E-state index in [1.54, 1.807) is 4.90 Å². The summed E-state index contributed by atoms with van der Waals surface area (Å²) in [6.45, 7) is 0.995. The monoisotopic (exact) mass is 282 g/mol. The molecule has 20 heavy (non-hydrogen) atoms. The summed E-state index contributed by atoms with van der Waals surface area (Å²) in [5.74, 6) is -0.370. The van der Waals surface area contributed by atoms with Gasteiger partial charge in [-0.1, -0.05) is 0 Å². The highest BCUT2D eigenvalue weighted by Crippen LogP contribution is 2.31. The number of carbonyl (C=O) groups is 1. The minimum atomic E-state index is -0.615. The number of hydrogen-bond donors (Lipinski definition) is 1. The molecule has 1 heterocycles. The Kier molecular flexibility index (Phi) is 4.44. The van der Waals surface area contributed by atoms with Crippen LogP contribution in [0.3, 0.4) is 0 Å². The summed E-state index contributed by atoms with van der Waals surface area (Å²) in [5, 5.41) is 0. The quantitative estimate of drug-likeness (QED) is 0.906. The number of carbonyl (C=O) groups excluding carboxylic acids is 1. The Morgan fingerprint density at radius 2 is 2.05 bits per heavy atom. The van der Waals surface area contributed by atoms with Crippen LogP contribution in [-0.4, -0.2) is 44.2 Å². The Bertz CT molecular complexity index is 507. The van der Waals surface area contributed by atoms with E-state index in [-0.39, 0.29) is 23.3 Å². The zero-order valence-corrected chi connectivity index (χ0v) is 11.7. The predicted octanol–water partition coefficient (Wildman–Crippen LogP) is 1.41. The molecule has 0 spiro atoms. The molecule has 0 saturated carbocycles. The molecule has 2 rings (SSSR count). The molecule has 0 bridgehead atoms. The van der Waals surface area contributed by atoms with Gasteiger partial charge in [0.1, 0.15) is 5.82 Å². The molecule has 0 aliphatic carbocycles. The fraction of sp³-hybridized carbons (Fsp3) is 0.500. The van der Waals surface area contributed by atoms with Crippen LogP contribution < -0.4 is 15.2 Å². The number of ether oxygens (including phenoxy) is 2. The van der Waals surface area contributed by atoms with Crippen molar-refractivity contribution < 1.29 is 18.7 Å². The number of likely N-dealkylation sites (tertiary alicyclic amines) is 1. The number of nitrogens with zero attached hydrogens (tertiary/aromatic N) is 1. The van der Waals surface area contributed by atoms with Crippen molar-refractivity contribution in [3.63, 3.8) is 0 Å². The van der Waals surface area contributed by atoms with Crippen molar-refractivity contribution in [1.29, 1.82) is 0 Å². The van der Waals surface area contributed by atoms with Gasteiger partial charge in [0.05, 0.1) is 19.8 Å². The van der Waals surface area contributed by atoms with Gasteiger partial charge in [-0.25, -0.2) is 4.39 Å². The highest BCUT2D eigenvalue weighted by Gasteiger charge is 2.30. The first-order chi connectivity index (χ1) is 9.62. The highest BCUT2D eigenvalue weighted by molar-refractivity contribution is 5.95. The number of benzene rings is 1. The standard InChI is InChI=1S/C14H19FN2O3/c1-19-12-6-10(11(15)7-13(12)20-2)14(18)17-5-3-4-9(17)8-16/h6-7,9H,3-5,8,16H2,1-2H3/t9-/m1/s1. The fourth-order valence-corrected chi connectivity index (χ4v) is 2.52. The average Bonchev–Trinajstić information content (AvgIpc) is 2.94. The first-order valence-electron chi connectivity index (χ1n) is 6.55. The molecule has 0 radical (unpaired) electrons. The molecule has 1 atom stereocenters. The number of methoxy groups -OCH3 is 2. The molecule has 1 fully saturated rings. The van der Waals surface area contributed by atoms with Crippen LogP contribution in [0.1, 0.15) is 23.2 Å². The van der Waals surface area contributed by atoms with E-state index in [2.05, 4.69) is 0 Å². The van der Waals surface area contributed by atoms with Crippen LogP contribution in [0.5, 0.6) is 11.5 Å². The summed E-state index contributed by atoms with van der Waals surface area (Å²) in [6.07, 6.45) is 1.75. The first-order valence-corrected chi connectivity index (χ1v) is 6.55. The minimum Gasteiger partial charge on any atom is -0.493 e. The average molecular weight is 282 g/mol. The number of amides is 1. The molecular weight excluding hydrogens is 263 g/mol. The van der Waals surface area contributed by atoms with Crippen molar-refractivity contribution in [3.05, 3.63) is 23.5 Å². The Labute approximate surface area is 117 Å². The van der Waals surface area contributed by atoms with Crippen LogP contribution >= 0.6 is 0 Å². The summed E-state index contributed by atoms with van der Waals surface area (Å²) < 4.78 is 24.2. The van der Waals surface area contributed by atoms with Crippen LogP contribution in [0, 0.1) is 5.82 Å². The Hall–Kier alpha value is -1.82. The van der Waals surface area contributed by atoms with Gasteiger partial charge in [-0.2, -0.15) is 0 Å². The van der Waals surface area contributed by atoms with Crippen molar-refractivity contribution in [2.75, 3.05) is 27.3 Å². The van der Waals surface area contributed by atoms with Crippen LogP contribution in [0.4, 0.5) is 4.39 Å². The maximum Gasteiger partial charge on any atom is 0.257 e. The van der Waals surface area contributed by atoms with E-state index in [0.717, 1.165) is 12.8 Å². The van der Waals surface area contributed by atoms with Gasteiger partial charge in [0.15, 0.2) is 11.5 Å². The van der Waals surface area contributed by atoms with Gasteiger partial charge in [0, 0.05) is 25.2 Å². The summed E-state index contributed by atoms with van der Waals surface area (Å²) in [7, 11) is 2.87. The zero-order valence-electron chi connectivity index (χ0n) is 11.7. The second-order valence-electron chi connectivity index (χ2n) is 4.72. The third-order valence-corrected chi connectivity index (χ3v) is 3.61. The van der Waals surface area contributed by atoms with Gasteiger partial charge < -0.3 is 20.1 Å². The molecule has 6 heteroatoms. The second kappa shape index (κ2) is 6.09. The molecule has 1 aliphatic heterocycles. The van der Waals surface area contributed by atoms with Crippen molar-refractivity contribution in [1.82, 2.24) is 4.90 Å². The lowest BCUT2D eigenvalue weighted by Gasteiger charge is -2.24. The zero-order chi connectivity index (χ0) is 14.7. The van der Waals surface area contributed by atoms with E-state index >= 15 is 0 Å². The molecule has 1 aromatic rings. The predicted molar refractivity (Wildman–Crippen MR) is 72.6 cm³/mol. The van der Waals surface area contributed by atoms with E-state index in [1.807, 2.05) is 0 Å². The van der Waals surface area contributed by atoms with E-state index in [1.165, 1.54) is 26.4 Å². The van der Waals surface area contributed by atoms with Gasteiger partial charge in [-0.05, 0) is 18.9 Å². The van der Waals surface area contributed by atoms with Crippen LogP contribution in [0.2, 0.25) is 0 Å². The van der Waals surface area contributed by atoms with Crippen molar-refractivity contribution in [2.45, 2.75) is 18.9 Å². The molecule has 1 saturated heterocycles.